The lowest BCUT2D eigenvalue weighted by Gasteiger charge is -2.37. The van der Waals surface area contributed by atoms with Crippen LogP contribution in [0.15, 0.2) is 53.4 Å². The number of rotatable bonds is 8. The molecule has 0 saturated carbocycles. The van der Waals surface area contributed by atoms with Crippen molar-refractivity contribution in [1.82, 2.24) is 9.21 Å². The first-order valence-electron chi connectivity index (χ1n) is 12.7. The highest BCUT2D eigenvalue weighted by atomic mass is 32.2. The van der Waals surface area contributed by atoms with Crippen LogP contribution in [0.2, 0.25) is 0 Å². The minimum Gasteiger partial charge on any atom is -0.487 e. The molecular formula is C28H36N2O6S. The lowest BCUT2D eigenvalue weighted by Crippen LogP contribution is -2.49. The van der Waals surface area contributed by atoms with Crippen LogP contribution >= 0.6 is 0 Å². The van der Waals surface area contributed by atoms with E-state index in [0.717, 1.165) is 30.4 Å². The summed E-state index contributed by atoms with van der Waals surface area (Å²) in [5, 5.41) is 19.2. The van der Waals surface area contributed by atoms with E-state index in [1.807, 2.05) is 32.2 Å². The number of allylic oxidation sites excluding steroid dienone is 2. The van der Waals surface area contributed by atoms with Gasteiger partial charge in [-0.15, -0.1) is 0 Å². The molecule has 4 rings (SSSR count). The summed E-state index contributed by atoms with van der Waals surface area (Å²) in [5.74, 6) is -0.803. The van der Waals surface area contributed by atoms with Crippen molar-refractivity contribution in [2.45, 2.75) is 56.7 Å². The molecule has 0 aromatic heterocycles. The number of aromatic carboxylic acids is 1. The minimum atomic E-state index is -3.88. The van der Waals surface area contributed by atoms with Crippen molar-refractivity contribution in [1.29, 1.82) is 0 Å². The van der Waals surface area contributed by atoms with Crippen molar-refractivity contribution in [2.24, 2.45) is 5.92 Å². The molecule has 0 unspecified atom stereocenters. The van der Waals surface area contributed by atoms with Crippen molar-refractivity contribution < 1.29 is 28.2 Å². The standard InChI is InChI=1S/C28H36N2O6S/c1-19-15-30(20(2)18-31)37(34,35)27-12-11-23(22-8-4-5-9-22)14-25(27)36-26(19)17-29(3)16-21-7-6-10-24(13-21)28(32)33/h6-8,10-14,19-20,26,31H,4-5,9,15-18H2,1-3H3,(H,32,33)/t19-,20-,26-/m1/s1. The van der Waals surface area contributed by atoms with Gasteiger partial charge < -0.3 is 14.9 Å². The van der Waals surface area contributed by atoms with Gasteiger partial charge >= 0.3 is 5.97 Å². The second-order valence-corrected chi connectivity index (χ2v) is 12.1. The SMILES string of the molecule is C[C@@H]1CN([C@H](C)CO)S(=O)(=O)c2ccc(C3=CCCC3)cc2O[C@@H]1CN(C)Cc1cccc(C(=O)O)c1. The molecule has 1 heterocycles. The van der Waals surface area contributed by atoms with Crippen molar-refractivity contribution >= 4 is 21.6 Å². The number of fused-ring (bicyclic) bond motifs is 1. The summed E-state index contributed by atoms with van der Waals surface area (Å²) in [6.45, 7) is 4.63. The van der Waals surface area contributed by atoms with Gasteiger partial charge in [0.05, 0.1) is 12.2 Å². The molecule has 0 bridgehead atoms. The van der Waals surface area contributed by atoms with Crippen LogP contribution in [0.3, 0.4) is 0 Å². The van der Waals surface area contributed by atoms with Crippen LogP contribution < -0.4 is 4.74 Å². The van der Waals surface area contributed by atoms with Crippen LogP contribution in [0, 0.1) is 5.92 Å². The first-order chi connectivity index (χ1) is 17.6. The fourth-order valence-electron chi connectivity index (χ4n) is 5.06. The number of hydrogen-bond acceptors (Lipinski definition) is 6. The number of carboxylic acid groups (broad SMARTS) is 1. The smallest absolute Gasteiger partial charge is 0.335 e. The van der Waals surface area contributed by atoms with Crippen LogP contribution in [0.1, 0.15) is 54.6 Å². The molecule has 37 heavy (non-hydrogen) atoms. The zero-order valence-corrected chi connectivity index (χ0v) is 22.4. The Morgan fingerprint density at radius 3 is 2.70 bits per heavy atom. The van der Waals surface area contributed by atoms with Gasteiger partial charge in [-0.3, -0.25) is 4.90 Å². The van der Waals surface area contributed by atoms with E-state index in [1.165, 1.54) is 9.88 Å². The lowest BCUT2D eigenvalue weighted by atomic mass is 10.0. The second-order valence-electron chi connectivity index (χ2n) is 10.2. The molecule has 2 N–H and O–H groups in total. The topological polar surface area (TPSA) is 107 Å². The van der Waals surface area contributed by atoms with Gasteiger partial charge in [-0.25, -0.2) is 13.2 Å². The number of benzene rings is 2. The lowest BCUT2D eigenvalue weighted by molar-refractivity contribution is 0.0693. The predicted molar refractivity (Wildman–Crippen MR) is 142 cm³/mol. The summed E-state index contributed by atoms with van der Waals surface area (Å²) in [5.41, 5.74) is 3.28. The number of carbonyl (C=O) groups is 1. The van der Waals surface area contributed by atoms with Gasteiger partial charge in [0, 0.05) is 31.6 Å². The summed E-state index contributed by atoms with van der Waals surface area (Å²) >= 11 is 0. The summed E-state index contributed by atoms with van der Waals surface area (Å²) in [6, 6.07) is 11.6. The molecule has 0 spiro atoms. The van der Waals surface area contributed by atoms with E-state index in [9.17, 15) is 23.4 Å². The second kappa shape index (κ2) is 11.3. The number of hydrogen-bond donors (Lipinski definition) is 2. The summed E-state index contributed by atoms with van der Waals surface area (Å²) in [7, 11) is -1.94. The van der Waals surface area contributed by atoms with E-state index in [-0.39, 0.29) is 35.6 Å². The summed E-state index contributed by atoms with van der Waals surface area (Å²) < 4.78 is 35.2. The van der Waals surface area contributed by atoms with Gasteiger partial charge in [0.15, 0.2) is 0 Å². The van der Waals surface area contributed by atoms with Crippen molar-refractivity contribution in [3.8, 4) is 5.75 Å². The molecule has 2 aromatic rings. The van der Waals surface area contributed by atoms with Gasteiger partial charge in [-0.05, 0) is 74.2 Å². The predicted octanol–water partition coefficient (Wildman–Crippen LogP) is 3.85. The highest BCUT2D eigenvalue weighted by Gasteiger charge is 2.38. The number of aliphatic hydroxyl groups excluding tert-OH is 1. The fourth-order valence-corrected chi connectivity index (χ4v) is 6.89. The third-order valence-corrected chi connectivity index (χ3v) is 9.22. The normalized spacial score (nSPS) is 22.5. The average Bonchev–Trinajstić information content (AvgIpc) is 3.40. The minimum absolute atomic E-state index is 0.115. The molecular weight excluding hydrogens is 492 g/mol. The Bertz CT molecular complexity index is 1280. The summed E-state index contributed by atoms with van der Waals surface area (Å²) in [4.78, 5) is 13.5. The molecule has 9 heteroatoms. The number of likely N-dealkylation sites (N-methyl/N-ethyl adjacent to an activating group) is 1. The maximum absolute atomic E-state index is 13.7. The average molecular weight is 529 g/mol. The molecule has 3 atom stereocenters. The Kier molecular flexibility index (Phi) is 8.38. The summed E-state index contributed by atoms with van der Waals surface area (Å²) in [6.07, 6.45) is 4.92. The van der Waals surface area contributed by atoms with Gasteiger partial charge in [-0.1, -0.05) is 31.2 Å². The van der Waals surface area contributed by atoms with Gasteiger partial charge in [0.1, 0.15) is 16.7 Å². The Morgan fingerprint density at radius 2 is 2.03 bits per heavy atom. The molecule has 0 fully saturated rings. The maximum Gasteiger partial charge on any atom is 0.335 e. The first kappa shape index (κ1) is 27.3. The van der Waals surface area contributed by atoms with Gasteiger partial charge in [0.2, 0.25) is 10.0 Å². The van der Waals surface area contributed by atoms with Crippen LogP contribution in [0.25, 0.3) is 5.57 Å². The van der Waals surface area contributed by atoms with Crippen LogP contribution in [-0.4, -0.2) is 72.7 Å². The van der Waals surface area contributed by atoms with Crippen LogP contribution in [0.4, 0.5) is 0 Å². The maximum atomic E-state index is 13.7. The molecule has 1 aliphatic carbocycles. The quantitative estimate of drug-likeness (QED) is 0.536. The van der Waals surface area contributed by atoms with Crippen LogP contribution in [0.5, 0.6) is 5.75 Å². The van der Waals surface area contributed by atoms with Crippen molar-refractivity contribution in [3.05, 3.63) is 65.2 Å². The zero-order valence-electron chi connectivity index (χ0n) is 21.6. The Balaban J connectivity index is 1.66. The zero-order chi connectivity index (χ0) is 26.7. The molecule has 2 aliphatic rings. The highest BCUT2D eigenvalue weighted by molar-refractivity contribution is 7.89. The van der Waals surface area contributed by atoms with E-state index in [0.29, 0.717) is 18.8 Å². The first-order valence-corrected chi connectivity index (χ1v) is 14.2. The highest BCUT2D eigenvalue weighted by Crippen LogP contribution is 2.37. The molecule has 0 amide bonds. The largest absolute Gasteiger partial charge is 0.487 e. The number of sulfonamides is 1. The van der Waals surface area contributed by atoms with E-state index in [4.69, 9.17) is 4.74 Å². The number of carboxylic acids is 1. The van der Waals surface area contributed by atoms with Crippen molar-refractivity contribution in [2.75, 3.05) is 26.7 Å². The number of aliphatic hydroxyl groups is 1. The molecule has 200 valence electrons. The molecule has 2 aromatic carbocycles. The number of nitrogens with zero attached hydrogens (tertiary/aromatic N) is 2. The third kappa shape index (κ3) is 6.06. The van der Waals surface area contributed by atoms with Gasteiger partial charge in [-0.2, -0.15) is 4.31 Å². The van der Waals surface area contributed by atoms with Gasteiger partial charge in [0.25, 0.3) is 0 Å². The van der Waals surface area contributed by atoms with E-state index >= 15 is 0 Å². The van der Waals surface area contributed by atoms with E-state index in [1.54, 1.807) is 31.2 Å². The molecule has 8 nitrogen and oxygen atoms in total. The van der Waals surface area contributed by atoms with E-state index < -0.39 is 22.0 Å². The fraction of sp³-hybridized carbons (Fsp3) is 0.464. The molecule has 1 aliphatic heterocycles. The Morgan fingerprint density at radius 1 is 1.24 bits per heavy atom. The monoisotopic (exact) mass is 528 g/mol. The number of ether oxygens (including phenoxy) is 1. The molecule has 0 radical (unpaired) electrons. The molecule has 0 saturated heterocycles. The van der Waals surface area contributed by atoms with Crippen LogP contribution in [-0.2, 0) is 16.6 Å². The Labute approximate surface area is 219 Å². The third-order valence-electron chi connectivity index (χ3n) is 7.20. The van der Waals surface area contributed by atoms with Crippen molar-refractivity contribution in [3.63, 3.8) is 0 Å². The Hall–Kier alpha value is -2.72. The van der Waals surface area contributed by atoms with E-state index in [2.05, 4.69) is 11.0 Å².